The number of aromatic nitrogens is 20. The number of nitrogens with zero attached hydrogens (tertiary/aromatic N) is 20. The molecule has 0 spiro atoms. The predicted molar refractivity (Wildman–Crippen MR) is 466 cm³/mol. The summed E-state index contributed by atoms with van der Waals surface area (Å²) in [6.45, 7) is 71.3. The first kappa shape index (κ1) is 124. The van der Waals surface area contributed by atoms with Crippen LogP contribution in [0.25, 0.3) is 0 Å². The van der Waals surface area contributed by atoms with E-state index in [0.717, 1.165) is 57.1 Å². The van der Waals surface area contributed by atoms with E-state index in [-0.39, 0.29) is 0 Å². The fourth-order valence-electron chi connectivity index (χ4n) is 4.73. The normalized spacial score (nSPS) is 7.44. The van der Waals surface area contributed by atoms with Gasteiger partial charge in [-0.25, -0.2) is 49.8 Å². The van der Waals surface area contributed by atoms with E-state index in [1.165, 1.54) is 30.1 Å². The zero-order chi connectivity index (χ0) is 85.4. The molecule has 108 heavy (non-hydrogen) atoms. The van der Waals surface area contributed by atoms with Crippen LogP contribution in [-0.4, -0.2) is 99.7 Å². The van der Waals surface area contributed by atoms with Gasteiger partial charge in [0.05, 0.1) is 17.1 Å². The minimum Gasteiger partial charge on any atom is -0.265 e. The Morgan fingerprint density at radius 2 is 0.426 bits per heavy atom. The number of aryl methyl sites for hydroxylation is 12. The monoisotopic (exact) mass is 1490 g/mol. The summed E-state index contributed by atoms with van der Waals surface area (Å²) in [7, 11) is 0. The van der Waals surface area contributed by atoms with E-state index in [9.17, 15) is 0 Å². The van der Waals surface area contributed by atoms with Crippen LogP contribution in [0.4, 0.5) is 0 Å². The fourth-order valence-corrected chi connectivity index (χ4v) is 4.73. The highest BCUT2D eigenvalue weighted by Gasteiger charge is 1.81. The SMILES string of the molecule is CC.CC.CC.CC.CC.CC.CC.CC.CC.CC.CC.CC.Cc1ccccn1.Cc1ccccn1.Cc1cccnc1.Cc1ccncc1.Cc1ccncn1.Cc1ccncn1.Cc1cnccn1.Cc1cnccn1.Cc1cnccn1.Cc1cncnc1.Cc1ncccn1.Cc1ncccn1. The molecule has 0 atom stereocenters. The van der Waals surface area contributed by atoms with Crippen molar-refractivity contribution in [2.75, 3.05) is 0 Å². The van der Waals surface area contributed by atoms with Crippen molar-refractivity contribution < 1.29 is 0 Å². The maximum Gasteiger partial charge on any atom is 0.125 e. The summed E-state index contributed by atoms with van der Waals surface area (Å²) in [6, 6.07) is 26.9. The van der Waals surface area contributed by atoms with Crippen LogP contribution in [0.2, 0.25) is 0 Å². The molecule has 20 heteroatoms. The molecule has 0 unspecified atom stereocenters. The molecule has 12 aromatic heterocycles. The van der Waals surface area contributed by atoms with E-state index in [4.69, 9.17) is 0 Å². The van der Waals surface area contributed by atoms with E-state index in [2.05, 4.69) is 99.7 Å². The highest BCUT2D eigenvalue weighted by molar-refractivity contribution is 5.06. The third-order valence-electron chi connectivity index (χ3n) is 8.90. The third kappa shape index (κ3) is 116. The lowest BCUT2D eigenvalue weighted by Gasteiger charge is -1.82. The van der Waals surface area contributed by atoms with Crippen molar-refractivity contribution in [2.24, 2.45) is 0 Å². The van der Waals surface area contributed by atoms with Crippen molar-refractivity contribution >= 4 is 0 Å². The number of pyridine rings is 4. The summed E-state index contributed by atoms with van der Waals surface area (Å²) >= 11 is 0. The summed E-state index contributed by atoms with van der Waals surface area (Å²) in [6.07, 6.45) is 44.4. The van der Waals surface area contributed by atoms with Crippen molar-refractivity contribution in [1.82, 2.24) is 99.7 Å². The maximum atomic E-state index is 3.98. The second-order valence-corrected chi connectivity index (χ2v) is 16.7. The molecule has 0 aromatic carbocycles. The van der Waals surface area contributed by atoms with Crippen molar-refractivity contribution in [3.63, 3.8) is 0 Å². The minimum atomic E-state index is 0.822. The average molecular weight is 1490 g/mol. The van der Waals surface area contributed by atoms with Crippen molar-refractivity contribution in [3.05, 3.63) is 315 Å². The van der Waals surface area contributed by atoms with Crippen LogP contribution in [0.15, 0.2) is 246 Å². The van der Waals surface area contributed by atoms with Crippen LogP contribution in [0.1, 0.15) is 234 Å². The summed E-state index contributed by atoms with van der Waals surface area (Å²) < 4.78 is 0. The van der Waals surface area contributed by atoms with Gasteiger partial charge in [0.15, 0.2) is 0 Å². The molecule has 0 N–H and O–H groups in total. The Kier molecular flexibility index (Phi) is 138. The first-order valence-electron chi connectivity index (χ1n) is 38.0. The first-order valence-corrected chi connectivity index (χ1v) is 38.0. The molecule has 0 saturated heterocycles. The molecule has 0 aliphatic rings. The zero-order valence-corrected chi connectivity index (χ0v) is 74.0. The van der Waals surface area contributed by atoms with Gasteiger partial charge in [-0.1, -0.05) is 184 Å². The lowest BCUT2D eigenvalue weighted by atomic mass is 10.3. The van der Waals surface area contributed by atoms with Crippen LogP contribution in [0, 0.1) is 83.1 Å². The first-order chi connectivity index (χ1) is 52.7. The van der Waals surface area contributed by atoms with E-state index in [1.54, 1.807) is 148 Å². The van der Waals surface area contributed by atoms with Gasteiger partial charge in [-0.15, -0.1) is 0 Å². The molecule has 12 heterocycles. The van der Waals surface area contributed by atoms with Gasteiger partial charge in [0.2, 0.25) is 0 Å². The number of hydrogen-bond donors (Lipinski definition) is 0. The molecule has 0 bridgehead atoms. The van der Waals surface area contributed by atoms with Crippen LogP contribution in [0.3, 0.4) is 0 Å². The van der Waals surface area contributed by atoms with Gasteiger partial charge in [0, 0.05) is 165 Å². The molecular weight excluding hydrogens is 1340 g/mol. The molecule has 0 saturated carbocycles. The molecule has 0 aliphatic carbocycles. The minimum absolute atomic E-state index is 0.822. The average Bonchev–Trinajstić information content (AvgIpc) is 3.97. The van der Waals surface area contributed by atoms with Gasteiger partial charge >= 0.3 is 0 Å². The van der Waals surface area contributed by atoms with Crippen molar-refractivity contribution in [2.45, 2.75) is 249 Å². The molecule has 0 aliphatic heterocycles. The predicted octanol–water partition coefficient (Wildman–Crippen LogP) is 24.2. The van der Waals surface area contributed by atoms with E-state index >= 15 is 0 Å². The smallest absolute Gasteiger partial charge is 0.125 e. The summed E-state index contributed by atoms with van der Waals surface area (Å²) in [5.74, 6) is 1.64. The Morgan fingerprint density at radius 1 is 0.148 bits per heavy atom. The van der Waals surface area contributed by atoms with E-state index in [1.807, 2.05) is 328 Å². The van der Waals surface area contributed by atoms with Gasteiger partial charge in [0.1, 0.15) is 30.6 Å². The number of hydrogen-bond acceptors (Lipinski definition) is 20. The Morgan fingerprint density at radius 3 is 0.556 bits per heavy atom. The topological polar surface area (TPSA) is 258 Å². The molecule has 12 aromatic rings. The van der Waals surface area contributed by atoms with Gasteiger partial charge < -0.3 is 0 Å². The lowest BCUT2D eigenvalue weighted by Crippen LogP contribution is -1.80. The Balaban J connectivity index is -0.0000000907. The molecule has 20 nitrogen and oxygen atoms in total. The third-order valence-corrected chi connectivity index (χ3v) is 8.90. The van der Waals surface area contributed by atoms with Gasteiger partial charge in [-0.05, 0) is 167 Å². The summed E-state index contributed by atoms with van der Waals surface area (Å²) in [4.78, 5) is 77.1. The second-order valence-electron chi connectivity index (χ2n) is 16.7. The van der Waals surface area contributed by atoms with Gasteiger partial charge in [0.25, 0.3) is 0 Å². The molecule has 0 radical (unpaired) electrons. The standard InChI is InChI=1S/4C6H7N.8C5H6N2.12C2H6/c1-6-2-4-7-5-3-6;1-6-3-2-4-7-5-6;2*1-6-4-2-3-5-7-6;1-5-2-6-4-7-3-5;3*1-5-4-6-2-3-7-5;2*1-5-2-3-6-4-7-5;2*1-5-6-3-2-4-7-5;12*1-2/h4*2-5H,1H3;8*2-4H,1H3;12*1-2H3. The highest BCUT2D eigenvalue weighted by atomic mass is 14.9. The van der Waals surface area contributed by atoms with E-state index in [0.29, 0.717) is 0 Å². The fraction of sp³-hybridized carbons (Fsp3) is 0.409. The highest BCUT2D eigenvalue weighted by Crippen LogP contribution is 1.92. The summed E-state index contributed by atoms with van der Waals surface area (Å²) in [5.41, 5.74) is 10.6. The van der Waals surface area contributed by atoms with Crippen LogP contribution >= 0.6 is 0 Å². The van der Waals surface area contributed by atoms with Gasteiger partial charge in [-0.2, -0.15) is 0 Å². The van der Waals surface area contributed by atoms with Crippen LogP contribution < -0.4 is 0 Å². The molecule has 0 amide bonds. The van der Waals surface area contributed by atoms with Crippen LogP contribution in [-0.2, 0) is 0 Å². The maximum absolute atomic E-state index is 3.98. The number of rotatable bonds is 0. The van der Waals surface area contributed by atoms with E-state index < -0.39 is 0 Å². The molecule has 12 rings (SSSR count). The Bertz CT molecular complexity index is 2440. The Labute approximate surface area is 660 Å². The molecule has 0 fully saturated rings. The lowest BCUT2D eigenvalue weighted by molar-refractivity contribution is 1.05. The summed E-state index contributed by atoms with van der Waals surface area (Å²) in [5, 5.41) is 0. The quantitative estimate of drug-likeness (QED) is 0.137. The second kappa shape index (κ2) is 120. The van der Waals surface area contributed by atoms with Crippen molar-refractivity contribution in [1.29, 1.82) is 0 Å². The van der Waals surface area contributed by atoms with Crippen molar-refractivity contribution in [3.8, 4) is 0 Å². The Hall–Kier alpha value is -10.8. The molecular formula is C88H148N20. The van der Waals surface area contributed by atoms with Crippen LogP contribution in [0.5, 0.6) is 0 Å². The largest absolute Gasteiger partial charge is 0.265 e. The zero-order valence-electron chi connectivity index (χ0n) is 74.0. The van der Waals surface area contributed by atoms with Gasteiger partial charge in [-0.3, -0.25) is 49.8 Å². The molecule has 600 valence electrons.